The third-order valence-corrected chi connectivity index (χ3v) is 5.62. The summed E-state index contributed by atoms with van der Waals surface area (Å²) >= 11 is 0. The van der Waals surface area contributed by atoms with E-state index in [0.29, 0.717) is 0 Å². The highest BCUT2D eigenvalue weighted by Gasteiger charge is 2.23. The number of nitrogens with one attached hydrogen (secondary N) is 1. The van der Waals surface area contributed by atoms with Gasteiger partial charge in [0.15, 0.2) is 0 Å². The first-order valence-electron chi connectivity index (χ1n) is 9.11. The van der Waals surface area contributed by atoms with Gasteiger partial charge in [0.05, 0.1) is 0 Å². The van der Waals surface area contributed by atoms with E-state index in [4.69, 9.17) is 0 Å². The van der Waals surface area contributed by atoms with E-state index in [1.165, 1.54) is 71.1 Å². The minimum absolute atomic E-state index is 0.803. The quantitative estimate of drug-likeness (QED) is 0.742. The van der Waals surface area contributed by atoms with Crippen molar-refractivity contribution in [2.75, 3.05) is 26.2 Å². The number of likely N-dealkylation sites (tertiary alicyclic amines) is 1. The minimum atomic E-state index is 0.803. The Balaban J connectivity index is 1.54. The second-order valence-corrected chi connectivity index (χ2v) is 7.70. The second-order valence-electron chi connectivity index (χ2n) is 7.70. The molecule has 118 valence electrons. The molecule has 1 heterocycles. The highest BCUT2D eigenvalue weighted by molar-refractivity contribution is 4.79. The van der Waals surface area contributed by atoms with E-state index in [-0.39, 0.29) is 0 Å². The van der Waals surface area contributed by atoms with Crippen LogP contribution in [0.25, 0.3) is 0 Å². The number of hydrogen-bond donors (Lipinski definition) is 1. The van der Waals surface area contributed by atoms with Crippen LogP contribution in [0.3, 0.4) is 0 Å². The van der Waals surface area contributed by atoms with Gasteiger partial charge in [0.2, 0.25) is 0 Å². The first kappa shape index (κ1) is 16.3. The van der Waals surface area contributed by atoms with E-state index in [9.17, 15) is 0 Å². The zero-order valence-corrected chi connectivity index (χ0v) is 14.0. The highest BCUT2D eigenvalue weighted by Crippen LogP contribution is 2.29. The second kappa shape index (κ2) is 8.38. The normalized spacial score (nSPS) is 30.0. The average molecular weight is 281 g/mol. The zero-order chi connectivity index (χ0) is 14.4. The van der Waals surface area contributed by atoms with E-state index in [2.05, 4.69) is 31.0 Å². The molecular weight excluding hydrogens is 244 g/mol. The van der Waals surface area contributed by atoms with E-state index < -0.39 is 0 Å². The van der Waals surface area contributed by atoms with Gasteiger partial charge < -0.3 is 10.2 Å². The lowest BCUT2D eigenvalue weighted by atomic mass is 9.79. The largest absolute Gasteiger partial charge is 0.314 e. The van der Waals surface area contributed by atoms with Crippen molar-refractivity contribution < 1.29 is 0 Å². The summed E-state index contributed by atoms with van der Waals surface area (Å²) in [5, 5.41) is 3.83. The molecular formula is C18H36N2. The maximum Gasteiger partial charge on any atom is 0.00698 e. The van der Waals surface area contributed by atoms with Crippen LogP contribution in [0.4, 0.5) is 0 Å². The summed E-state index contributed by atoms with van der Waals surface area (Å²) in [6.45, 7) is 12.4. The third-order valence-electron chi connectivity index (χ3n) is 5.62. The summed E-state index contributed by atoms with van der Waals surface area (Å²) in [7, 11) is 0. The van der Waals surface area contributed by atoms with Gasteiger partial charge in [-0.2, -0.15) is 0 Å². The fourth-order valence-electron chi connectivity index (χ4n) is 3.91. The Labute approximate surface area is 126 Å². The van der Waals surface area contributed by atoms with Gasteiger partial charge in [-0.3, -0.25) is 0 Å². The van der Waals surface area contributed by atoms with Crippen molar-refractivity contribution in [2.45, 2.75) is 71.8 Å². The van der Waals surface area contributed by atoms with Crippen molar-refractivity contribution in [3.8, 4) is 0 Å². The maximum atomic E-state index is 3.83. The van der Waals surface area contributed by atoms with Gasteiger partial charge in [-0.15, -0.1) is 0 Å². The molecule has 2 nitrogen and oxygen atoms in total. The van der Waals surface area contributed by atoms with Crippen molar-refractivity contribution in [3.05, 3.63) is 0 Å². The van der Waals surface area contributed by atoms with E-state index in [1.807, 2.05) is 0 Å². The summed E-state index contributed by atoms with van der Waals surface area (Å²) in [4.78, 5) is 2.67. The van der Waals surface area contributed by atoms with Crippen LogP contribution >= 0.6 is 0 Å². The summed E-state index contributed by atoms with van der Waals surface area (Å²) in [6, 6.07) is 0.803. The van der Waals surface area contributed by atoms with Crippen molar-refractivity contribution >= 4 is 0 Å². The van der Waals surface area contributed by atoms with Gasteiger partial charge in [-0.05, 0) is 76.0 Å². The Morgan fingerprint density at radius 1 is 1.10 bits per heavy atom. The molecule has 20 heavy (non-hydrogen) atoms. The fraction of sp³-hybridized carbons (Fsp3) is 1.00. The van der Waals surface area contributed by atoms with Gasteiger partial charge in [0, 0.05) is 6.04 Å². The Hall–Kier alpha value is -0.0800. The molecule has 1 saturated carbocycles. The van der Waals surface area contributed by atoms with Crippen LogP contribution < -0.4 is 5.32 Å². The van der Waals surface area contributed by atoms with Gasteiger partial charge >= 0.3 is 0 Å². The van der Waals surface area contributed by atoms with E-state index in [0.717, 1.165) is 23.8 Å². The lowest BCUT2D eigenvalue weighted by Crippen LogP contribution is -2.38. The Kier molecular flexibility index (Phi) is 6.83. The monoisotopic (exact) mass is 280 g/mol. The van der Waals surface area contributed by atoms with Gasteiger partial charge in [-0.1, -0.05) is 33.6 Å². The molecule has 2 unspecified atom stereocenters. The molecule has 0 aromatic rings. The average Bonchev–Trinajstić information content (AvgIpc) is 2.46. The van der Waals surface area contributed by atoms with Crippen molar-refractivity contribution in [3.63, 3.8) is 0 Å². The number of rotatable bonds is 6. The highest BCUT2D eigenvalue weighted by atomic mass is 15.1. The van der Waals surface area contributed by atoms with E-state index in [1.54, 1.807) is 0 Å². The van der Waals surface area contributed by atoms with Gasteiger partial charge in [0.25, 0.3) is 0 Å². The molecule has 0 aromatic carbocycles. The molecule has 2 rings (SSSR count). The molecule has 1 aliphatic carbocycles. The Morgan fingerprint density at radius 2 is 1.85 bits per heavy atom. The van der Waals surface area contributed by atoms with Crippen molar-refractivity contribution in [2.24, 2.45) is 17.8 Å². The number of hydrogen-bond acceptors (Lipinski definition) is 2. The molecule has 0 amide bonds. The minimum Gasteiger partial charge on any atom is -0.314 e. The van der Waals surface area contributed by atoms with Crippen molar-refractivity contribution in [1.29, 1.82) is 0 Å². The van der Waals surface area contributed by atoms with Crippen LogP contribution in [0, 0.1) is 17.8 Å². The molecule has 0 bridgehead atoms. The molecule has 1 N–H and O–H groups in total. The topological polar surface area (TPSA) is 15.3 Å². The SMILES string of the molecule is CC1CCN(CCCNC2CCCC(C(C)C)C2)CC1. The first-order chi connectivity index (χ1) is 9.65. The molecule has 2 aliphatic rings. The molecule has 1 saturated heterocycles. The third kappa shape index (κ3) is 5.37. The van der Waals surface area contributed by atoms with Crippen LogP contribution in [-0.2, 0) is 0 Å². The van der Waals surface area contributed by atoms with E-state index >= 15 is 0 Å². The molecule has 2 fully saturated rings. The van der Waals surface area contributed by atoms with Crippen LogP contribution in [0.5, 0.6) is 0 Å². The van der Waals surface area contributed by atoms with Crippen molar-refractivity contribution in [1.82, 2.24) is 10.2 Å². The smallest absolute Gasteiger partial charge is 0.00698 e. The van der Waals surface area contributed by atoms with Crippen LogP contribution in [0.15, 0.2) is 0 Å². The Bertz CT molecular complexity index is 256. The maximum absolute atomic E-state index is 3.83. The van der Waals surface area contributed by atoms with Gasteiger partial charge in [0.1, 0.15) is 0 Å². The van der Waals surface area contributed by atoms with Gasteiger partial charge in [-0.25, -0.2) is 0 Å². The fourth-order valence-corrected chi connectivity index (χ4v) is 3.91. The predicted octanol–water partition coefficient (Wildman–Crippen LogP) is 3.91. The molecule has 2 heteroatoms. The molecule has 0 aromatic heterocycles. The Morgan fingerprint density at radius 3 is 2.55 bits per heavy atom. The van der Waals surface area contributed by atoms with Crippen LogP contribution in [0.2, 0.25) is 0 Å². The van der Waals surface area contributed by atoms with Crippen LogP contribution in [-0.4, -0.2) is 37.1 Å². The lowest BCUT2D eigenvalue weighted by molar-refractivity contribution is 0.186. The molecule has 0 spiro atoms. The number of nitrogens with zero attached hydrogens (tertiary/aromatic N) is 1. The summed E-state index contributed by atoms with van der Waals surface area (Å²) in [5.74, 6) is 2.79. The lowest BCUT2D eigenvalue weighted by Gasteiger charge is -2.33. The predicted molar refractivity (Wildman–Crippen MR) is 88.0 cm³/mol. The number of piperidine rings is 1. The molecule has 1 aliphatic heterocycles. The van der Waals surface area contributed by atoms with Crippen LogP contribution in [0.1, 0.15) is 65.7 Å². The summed E-state index contributed by atoms with van der Waals surface area (Å²) in [6.07, 6.45) is 9.87. The standard InChI is InChI=1S/C18H36N2/c1-15(2)17-6-4-7-18(14-17)19-10-5-11-20-12-8-16(3)9-13-20/h15-19H,4-14H2,1-3H3. The molecule has 0 radical (unpaired) electrons. The summed E-state index contributed by atoms with van der Waals surface area (Å²) < 4.78 is 0. The molecule has 2 atom stereocenters. The first-order valence-corrected chi connectivity index (χ1v) is 9.11. The zero-order valence-electron chi connectivity index (χ0n) is 14.0. The summed E-state index contributed by atoms with van der Waals surface area (Å²) in [5.41, 5.74) is 0.